The zero-order valence-electron chi connectivity index (χ0n) is 7.79. The Bertz CT molecular complexity index is 321. The number of hydrogen-bond acceptors (Lipinski definition) is 4. The maximum Gasteiger partial charge on any atom is 0.177 e. The van der Waals surface area contributed by atoms with Crippen molar-refractivity contribution in [1.29, 1.82) is 0 Å². The molecular formula is C10H13N3O. The summed E-state index contributed by atoms with van der Waals surface area (Å²) >= 11 is 0. The average molecular weight is 191 g/mol. The monoisotopic (exact) mass is 191 g/mol. The third-order valence-electron chi connectivity index (χ3n) is 1.98. The lowest BCUT2D eigenvalue weighted by molar-refractivity contribution is 0.191. The molecule has 0 spiro atoms. The van der Waals surface area contributed by atoms with Crippen molar-refractivity contribution in [3.63, 3.8) is 0 Å². The van der Waals surface area contributed by atoms with Crippen molar-refractivity contribution >= 4 is 6.08 Å². The van der Waals surface area contributed by atoms with Gasteiger partial charge in [-0.2, -0.15) is 5.53 Å². The van der Waals surface area contributed by atoms with E-state index in [-0.39, 0.29) is 6.23 Å². The molecule has 4 nitrogen and oxygen atoms in total. The van der Waals surface area contributed by atoms with E-state index in [0.29, 0.717) is 0 Å². The summed E-state index contributed by atoms with van der Waals surface area (Å²) in [6.07, 6.45) is 1.76. The summed E-state index contributed by atoms with van der Waals surface area (Å²) < 4.78 is 5.63. The minimum absolute atomic E-state index is 0.0323. The van der Waals surface area contributed by atoms with Crippen LogP contribution in [-0.4, -0.2) is 12.8 Å². The van der Waals surface area contributed by atoms with Gasteiger partial charge in [0.25, 0.3) is 0 Å². The fourth-order valence-electron chi connectivity index (χ4n) is 1.28. The van der Waals surface area contributed by atoms with Gasteiger partial charge < -0.3 is 4.74 Å². The van der Waals surface area contributed by atoms with Gasteiger partial charge in [-0.3, -0.25) is 0 Å². The zero-order chi connectivity index (χ0) is 9.80. The molecule has 0 radical (unpaired) electrons. The zero-order valence-corrected chi connectivity index (χ0v) is 7.79. The lowest BCUT2D eigenvalue weighted by Gasteiger charge is -2.12. The maximum absolute atomic E-state index is 5.63. The fraction of sp³-hybridized carbons (Fsp3) is 0.200. The van der Waals surface area contributed by atoms with Gasteiger partial charge in [0.2, 0.25) is 0 Å². The molecule has 1 atom stereocenters. The molecule has 2 rings (SSSR count). The Hall–Kier alpha value is -1.36. The molecule has 1 aromatic rings. The largest absolute Gasteiger partial charge is 0.473 e. The Labute approximate surface area is 82.9 Å². The highest BCUT2D eigenvalue weighted by atomic mass is 16.5. The van der Waals surface area contributed by atoms with Gasteiger partial charge >= 0.3 is 0 Å². The predicted octanol–water partition coefficient (Wildman–Crippen LogP) is 0.647. The molecule has 1 aromatic carbocycles. The van der Waals surface area contributed by atoms with Gasteiger partial charge in [0.15, 0.2) is 6.23 Å². The Morgan fingerprint density at radius 3 is 3.14 bits per heavy atom. The van der Waals surface area contributed by atoms with E-state index in [1.165, 1.54) is 0 Å². The maximum atomic E-state index is 5.63. The van der Waals surface area contributed by atoms with E-state index in [1.807, 2.05) is 24.3 Å². The lowest BCUT2D eigenvalue weighted by atomic mass is 10.2. The summed E-state index contributed by atoms with van der Waals surface area (Å²) in [5, 5.41) is 0. The molecule has 0 amide bonds. The van der Waals surface area contributed by atoms with Crippen LogP contribution in [0.3, 0.4) is 0 Å². The van der Waals surface area contributed by atoms with Crippen LogP contribution in [-0.2, 0) is 0 Å². The van der Waals surface area contributed by atoms with Crippen molar-refractivity contribution < 1.29 is 4.74 Å². The Morgan fingerprint density at radius 1 is 1.50 bits per heavy atom. The molecule has 14 heavy (non-hydrogen) atoms. The van der Waals surface area contributed by atoms with Crippen molar-refractivity contribution in [1.82, 2.24) is 16.4 Å². The highest BCUT2D eigenvalue weighted by molar-refractivity contribution is 5.49. The van der Waals surface area contributed by atoms with Gasteiger partial charge in [-0.05, 0) is 17.7 Å². The molecular weight excluding hydrogens is 178 g/mol. The van der Waals surface area contributed by atoms with Gasteiger partial charge in [0.1, 0.15) is 5.75 Å². The first-order chi connectivity index (χ1) is 6.88. The van der Waals surface area contributed by atoms with E-state index in [9.17, 15) is 0 Å². The highest BCUT2D eigenvalue weighted by Crippen LogP contribution is 2.15. The second-order valence-electron chi connectivity index (χ2n) is 3.03. The third-order valence-corrected chi connectivity index (χ3v) is 1.98. The van der Waals surface area contributed by atoms with Gasteiger partial charge in [-0.1, -0.05) is 24.8 Å². The van der Waals surface area contributed by atoms with Crippen molar-refractivity contribution in [2.45, 2.75) is 6.23 Å². The second kappa shape index (κ2) is 4.23. The summed E-state index contributed by atoms with van der Waals surface area (Å²) in [6.45, 7) is 4.44. The van der Waals surface area contributed by atoms with Gasteiger partial charge in [0, 0.05) is 0 Å². The Kier molecular flexibility index (Phi) is 2.78. The van der Waals surface area contributed by atoms with Crippen LogP contribution in [0.1, 0.15) is 5.56 Å². The number of benzene rings is 1. The van der Waals surface area contributed by atoms with Crippen LogP contribution in [0.2, 0.25) is 0 Å². The smallest absolute Gasteiger partial charge is 0.177 e. The van der Waals surface area contributed by atoms with Gasteiger partial charge in [-0.15, -0.1) is 0 Å². The first-order valence-electron chi connectivity index (χ1n) is 4.51. The summed E-state index contributed by atoms with van der Waals surface area (Å²) in [5.74, 6) is 0.838. The topological polar surface area (TPSA) is 45.3 Å². The Balaban J connectivity index is 2.04. The SMILES string of the molecule is C=Cc1cccc(OC2CNNN2)c1. The van der Waals surface area contributed by atoms with Crippen LogP contribution in [0, 0.1) is 0 Å². The lowest BCUT2D eigenvalue weighted by Crippen LogP contribution is -2.36. The number of nitrogens with one attached hydrogen (secondary N) is 3. The van der Waals surface area contributed by atoms with Crippen LogP contribution in [0.5, 0.6) is 5.75 Å². The minimum Gasteiger partial charge on any atom is -0.473 e. The second-order valence-corrected chi connectivity index (χ2v) is 3.03. The van der Waals surface area contributed by atoms with E-state index < -0.39 is 0 Å². The number of hydrazine groups is 2. The van der Waals surface area contributed by atoms with Crippen LogP contribution in [0.4, 0.5) is 0 Å². The highest BCUT2D eigenvalue weighted by Gasteiger charge is 2.14. The summed E-state index contributed by atoms with van der Waals surface area (Å²) in [4.78, 5) is 0. The van der Waals surface area contributed by atoms with Crippen molar-refractivity contribution in [2.24, 2.45) is 0 Å². The quantitative estimate of drug-likeness (QED) is 0.656. The molecule has 0 saturated carbocycles. The number of hydrogen-bond donors (Lipinski definition) is 3. The molecule has 1 aliphatic heterocycles. The van der Waals surface area contributed by atoms with E-state index in [0.717, 1.165) is 17.9 Å². The molecule has 74 valence electrons. The fourth-order valence-corrected chi connectivity index (χ4v) is 1.28. The standard InChI is InChI=1S/C10H13N3O/c1-2-8-4-3-5-9(6-8)14-10-7-11-13-12-10/h2-6,10-13H,1,7H2. The normalized spacial score (nSPS) is 20.7. The molecule has 1 unspecified atom stereocenters. The van der Waals surface area contributed by atoms with Crippen LogP contribution >= 0.6 is 0 Å². The van der Waals surface area contributed by atoms with Crippen molar-refractivity contribution in [2.75, 3.05) is 6.54 Å². The van der Waals surface area contributed by atoms with Crippen LogP contribution < -0.4 is 21.1 Å². The molecule has 3 N–H and O–H groups in total. The third kappa shape index (κ3) is 2.11. The summed E-state index contributed by atoms with van der Waals surface area (Å²) in [6, 6.07) is 7.81. The minimum atomic E-state index is -0.0323. The molecule has 0 aromatic heterocycles. The van der Waals surface area contributed by atoms with Crippen LogP contribution in [0.15, 0.2) is 30.8 Å². The van der Waals surface area contributed by atoms with Crippen LogP contribution in [0.25, 0.3) is 6.08 Å². The molecule has 1 saturated heterocycles. The predicted molar refractivity (Wildman–Crippen MR) is 55.2 cm³/mol. The first-order valence-corrected chi connectivity index (χ1v) is 4.51. The molecule has 1 heterocycles. The van der Waals surface area contributed by atoms with Crippen molar-refractivity contribution in [3.05, 3.63) is 36.4 Å². The first kappa shape index (κ1) is 9.21. The summed E-state index contributed by atoms with van der Waals surface area (Å²) in [5.41, 5.74) is 9.68. The van der Waals surface area contributed by atoms with E-state index >= 15 is 0 Å². The Morgan fingerprint density at radius 2 is 2.43 bits per heavy atom. The molecule has 1 fully saturated rings. The molecule has 4 heteroatoms. The van der Waals surface area contributed by atoms with E-state index in [4.69, 9.17) is 4.74 Å². The van der Waals surface area contributed by atoms with Gasteiger partial charge in [0.05, 0.1) is 6.54 Å². The van der Waals surface area contributed by atoms with E-state index in [2.05, 4.69) is 23.0 Å². The number of ether oxygens (including phenoxy) is 1. The molecule has 1 aliphatic rings. The van der Waals surface area contributed by atoms with Crippen molar-refractivity contribution in [3.8, 4) is 5.75 Å². The molecule has 0 aliphatic carbocycles. The number of rotatable bonds is 3. The average Bonchev–Trinajstić information content (AvgIpc) is 2.71. The molecule has 0 bridgehead atoms. The summed E-state index contributed by atoms with van der Waals surface area (Å²) in [7, 11) is 0. The van der Waals surface area contributed by atoms with E-state index in [1.54, 1.807) is 6.08 Å². The van der Waals surface area contributed by atoms with Gasteiger partial charge in [-0.25, -0.2) is 10.9 Å².